The molecule has 1 aromatic rings. The third-order valence-electron chi connectivity index (χ3n) is 1.99. The van der Waals surface area contributed by atoms with Crippen LogP contribution in [-0.2, 0) is 15.3 Å². The molecule has 88 valence electrons. The highest BCUT2D eigenvalue weighted by molar-refractivity contribution is 9.10. The molecule has 16 heavy (non-hydrogen) atoms. The van der Waals surface area contributed by atoms with Crippen molar-refractivity contribution in [2.75, 3.05) is 7.11 Å². The van der Waals surface area contributed by atoms with E-state index in [4.69, 9.17) is 0 Å². The highest BCUT2D eigenvalue weighted by Crippen LogP contribution is 2.20. The molecular weight excluding hydrogens is 290 g/mol. The zero-order valence-electron chi connectivity index (χ0n) is 9.27. The number of rotatable bonds is 5. The molecule has 0 aromatic carbocycles. The average Bonchev–Trinajstić information content (AvgIpc) is 2.28. The third kappa shape index (κ3) is 4.99. The van der Waals surface area contributed by atoms with E-state index in [1.165, 1.54) is 7.11 Å². The zero-order valence-corrected chi connectivity index (χ0v) is 11.7. The summed E-state index contributed by atoms with van der Waals surface area (Å²) in [5.74, 6) is 0.648. The summed E-state index contributed by atoms with van der Waals surface area (Å²) in [6, 6.07) is 3.94. The first-order chi connectivity index (χ1) is 7.61. The molecule has 1 heterocycles. The molecule has 0 aliphatic rings. The molecule has 3 nitrogen and oxygen atoms in total. The number of thioether (sulfide) groups is 1. The van der Waals surface area contributed by atoms with Crippen LogP contribution in [0.4, 0.5) is 0 Å². The molecule has 1 atom stereocenters. The van der Waals surface area contributed by atoms with Gasteiger partial charge in [0.05, 0.1) is 19.2 Å². The first-order valence-electron chi connectivity index (χ1n) is 4.90. The van der Waals surface area contributed by atoms with E-state index in [0.29, 0.717) is 6.42 Å². The van der Waals surface area contributed by atoms with Crippen LogP contribution >= 0.6 is 27.7 Å². The molecule has 0 spiro atoms. The zero-order chi connectivity index (χ0) is 12.0. The average molecular weight is 304 g/mol. The quantitative estimate of drug-likeness (QED) is 0.784. The fourth-order valence-electron chi connectivity index (χ4n) is 1.10. The highest BCUT2D eigenvalue weighted by atomic mass is 79.9. The van der Waals surface area contributed by atoms with Crippen molar-refractivity contribution in [2.24, 2.45) is 0 Å². The highest BCUT2D eigenvalue weighted by Gasteiger charge is 2.09. The Morgan fingerprint density at radius 1 is 1.62 bits per heavy atom. The number of aromatic nitrogens is 1. The number of carbonyl (C=O) groups excluding carboxylic acids is 1. The third-order valence-corrected chi connectivity index (χ3v) is 3.65. The Hall–Kier alpha value is -0.550. The first-order valence-corrected chi connectivity index (χ1v) is 6.75. The van der Waals surface area contributed by atoms with Gasteiger partial charge in [-0.2, -0.15) is 11.8 Å². The molecule has 0 saturated carbocycles. The minimum absolute atomic E-state index is 0.163. The lowest BCUT2D eigenvalue weighted by molar-refractivity contribution is -0.140. The van der Waals surface area contributed by atoms with Crippen molar-refractivity contribution >= 4 is 33.7 Å². The minimum atomic E-state index is -0.163. The molecule has 1 rings (SSSR count). The molecule has 0 amide bonds. The van der Waals surface area contributed by atoms with Crippen LogP contribution in [0.3, 0.4) is 0 Å². The van der Waals surface area contributed by atoms with E-state index in [2.05, 4.69) is 25.7 Å². The van der Waals surface area contributed by atoms with Gasteiger partial charge in [-0.25, -0.2) is 0 Å². The number of nitrogens with zero attached hydrogens (tertiary/aromatic N) is 1. The van der Waals surface area contributed by atoms with Gasteiger partial charge in [0.2, 0.25) is 0 Å². The molecule has 1 aromatic heterocycles. The van der Waals surface area contributed by atoms with Crippen LogP contribution in [0.25, 0.3) is 0 Å². The van der Waals surface area contributed by atoms with Crippen molar-refractivity contribution in [3.8, 4) is 0 Å². The monoisotopic (exact) mass is 303 g/mol. The van der Waals surface area contributed by atoms with Crippen LogP contribution in [-0.4, -0.2) is 23.3 Å². The number of esters is 1. The summed E-state index contributed by atoms with van der Waals surface area (Å²) in [7, 11) is 1.41. The number of hydrogen-bond acceptors (Lipinski definition) is 4. The molecule has 1 unspecified atom stereocenters. The Labute approximate surface area is 108 Å². The van der Waals surface area contributed by atoms with E-state index in [1.54, 1.807) is 18.0 Å². The molecular formula is C11H14BrNO2S. The number of methoxy groups -OCH3 is 1. The Balaban J connectivity index is 2.34. The van der Waals surface area contributed by atoms with Crippen LogP contribution in [0.15, 0.2) is 22.8 Å². The Kier molecular flexibility index (Phi) is 5.84. The SMILES string of the molecule is COC(=O)CC(C)SCc1ccc(Br)cn1. The number of halogens is 1. The van der Waals surface area contributed by atoms with Crippen LogP contribution < -0.4 is 0 Å². The van der Waals surface area contributed by atoms with E-state index >= 15 is 0 Å². The maximum Gasteiger partial charge on any atom is 0.306 e. The van der Waals surface area contributed by atoms with Gasteiger partial charge in [0, 0.05) is 21.7 Å². The summed E-state index contributed by atoms with van der Waals surface area (Å²) in [5, 5.41) is 0.248. The lowest BCUT2D eigenvalue weighted by atomic mass is 10.3. The molecule has 0 aliphatic heterocycles. The second-order valence-corrected chi connectivity index (χ2v) is 5.71. The predicted molar refractivity (Wildman–Crippen MR) is 69.3 cm³/mol. The van der Waals surface area contributed by atoms with Crippen molar-refractivity contribution in [1.29, 1.82) is 0 Å². The van der Waals surface area contributed by atoms with Gasteiger partial charge in [0.1, 0.15) is 0 Å². The van der Waals surface area contributed by atoms with Gasteiger partial charge in [0.15, 0.2) is 0 Å². The maximum absolute atomic E-state index is 11.0. The van der Waals surface area contributed by atoms with E-state index in [9.17, 15) is 4.79 Å². The van der Waals surface area contributed by atoms with E-state index < -0.39 is 0 Å². The summed E-state index contributed by atoms with van der Waals surface area (Å²) in [4.78, 5) is 15.3. The lowest BCUT2D eigenvalue weighted by Gasteiger charge is -2.09. The van der Waals surface area contributed by atoms with E-state index in [0.717, 1.165) is 15.9 Å². The van der Waals surface area contributed by atoms with E-state index in [-0.39, 0.29) is 11.2 Å². The molecule has 0 fully saturated rings. The lowest BCUT2D eigenvalue weighted by Crippen LogP contribution is -2.08. The van der Waals surface area contributed by atoms with Crippen molar-refractivity contribution < 1.29 is 9.53 Å². The van der Waals surface area contributed by atoms with Crippen molar-refractivity contribution in [3.05, 3.63) is 28.5 Å². The van der Waals surface area contributed by atoms with Crippen LogP contribution in [0.1, 0.15) is 19.0 Å². The van der Waals surface area contributed by atoms with Gasteiger partial charge in [0.25, 0.3) is 0 Å². The van der Waals surface area contributed by atoms with Crippen LogP contribution in [0, 0.1) is 0 Å². The summed E-state index contributed by atoms with van der Waals surface area (Å²) < 4.78 is 5.59. The second-order valence-electron chi connectivity index (χ2n) is 3.37. The van der Waals surface area contributed by atoms with Gasteiger partial charge < -0.3 is 4.74 Å². The number of ether oxygens (including phenoxy) is 1. The van der Waals surface area contributed by atoms with Gasteiger partial charge >= 0.3 is 5.97 Å². The normalized spacial score (nSPS) is 12.2. The minimum Gasteiger partial charge on any atom is -0.469 e. The van der Waals surface area contributed by atoms with Crippen molar-refractivity contribution in [2.45, 2.75) is 24.3 Å². The van der Waals surface area contributed by atoms with Gasteiger partial charge in [-0.3, -0.25) is 9.78 Å². The molecule has 0 bridgehead atoms. The fraction of sp³-hybridized carbons (Fsp3) is 0.455. The van der Waals surface area contributed by atoms with Crippen molar-refractivity contribution in [1.82, 2.24) is 4.98 Å². The van der Waals surface area contributed by atoms with Gasteiger partial charge in [-0.05, 0) is 28.1 Å². The summed E-state index contributed by atoms with van der Waals surface area (Å²) in [6.45, 7) is 2.01. The van der Waals surface area contributed by atoms with Crippen LogP contribution in [0.5, 0.6) is 0 Å². The number of carbonyl (C=O) groups is 1. The Bertz CT molecular complexity index is 342. The Morgan fingerprint density at radius 3 is 2.94 bits per heavy atom. The summed E-state index contributed by atoms with van der Waals surface area (Å²) >= 11 is 5.04. The van der Waals surface area contributed by atoms with Gasteiger partial charge in [-0.15, -0.1) is 0 Å². The number of hydrogen-bond donors (Lipinski definition) is 0. The largest absolute Gasteiger partial charge is 0.469 e. The van der Waals surface area contributed by atoms with Gasteiger partial charge in [-0.1, -0.05) is 6.92 Å². The molecule has 0 N–H and O–H groups in total. The molecule has 0 saturated heterocycles. The number of pyridine rings is 1. The van der Waals surface area contributed by atoms with Crippen molar-refractivity contribution in [3.63, 3.8) is 0 Å². The summed E-state index contributed by atoms with van der Waals surface area (Å²) in [5.41, 5.74) is 1.02. The van der Waals surface area contributed by atoms with Crippen LogP contribution in [0.2, 0.25) is 0 Å². The molecule has 5 heteroatoms. The predicted octanol–water partition coefficient (Wildman–Crippen LogP) is 3.03. The fourth-order valence-corrected chi connectivity index (χ4v) is 2.21. The first kappa shape index (κ1) is 13.5. The maximum atomic E-state index is 11.0. The topological polar surface area (TPSA) is 39.2 Å². The molecule has 0 radical (unpaired) electrons. The molecule has 0 aliphatic carbocycles. The Morgan fingerprint density at radius 2 is 2.38 bits per heavy atom. The second kappa shape index (κ2) is 6.91. The standard InChI is InChI=1S/C11H14BrNO2S/c1-8(5-11(14)15-2)16-7-10-4-3-9(12)6-13-10/h3-4,6,8H,5,7H2,1-2H3. The smallest absolute Gasteiger partial charge is 0.306 e. The summed E-state index contributed by atoms with van der Waals surface area (Å²) in [6.07, 6.45) is 2.22. The van der Waals surface area contributed by atoms with E-state index in [1.807, 2.05) is 19.1 Å².